The molecule has 0 spiro atoms. The Hall–Kier alpha value is -1.62. The van der Waals surface area contributed by atoms with Crippen molar-refractivity contribution in [1.29, 1.82) is 0 Å². The van der Waals surface area contributed by atoms with Crippen LogP contribution in [0.5, 0.6) is 0 Å². The van der Waals surface area contributed by atoms with Gasteiger partial charge in [0, 0.05) is 6.61 Å². The van der Waals surface area contributed by atoms with Crippen LogP contribution in [0.4, 0.5) is 0 Å². The number of carboxylic acids is 1. The summed E-state index contributed by atoms with van der Waals surface area (Å²) in [5.74, 6) is -1.36. The van der Waals surface area contributed by atoms with E-state index in [9.17, 15) is 9.90 Å². The summed E-state index contributed by atoms with van der Waals surface area (Å²) in [7, 11) is -2.62. The van der Waals surface area contributed by atoms with Crippen molar-refractivity contribution in [1.82, 2.24) is 0 Å². The number of aliphatic carboxylic acids is 1. The van der Waals surface area contributed by atoms with Crippen molar-refractivity contribution < 1.29 is 14.3 Å². The molecule has 0 aliphatic carbocycles. The SMILES string of the molecule is CC(CO[Si](c1ccccc1)(c1ccccc1)C(C)(C)C)C(=O)O.Cl. The van der Waals surface area contributed by atoms with Crippen molar-refractivity contribution in [2.75, 3.05) is 6.61 Å². The van der Waals surface area contributed by atoms with E-state index in [2.05, 4.69) is 45.0 Å². The number of rotatable bonds is 6. The average Bonchev–Trinajstić information content (AvgIpc) is 2.56. The van der Waals surface area contributed by atoms with Gasteiger partial charge in [0.1, 0.15) is 0 Å². The Bertz CT molecular complexity index is 629. The molecule has 1 unspecified atom stereocenters. The quantitative estimate of drug-likeness (QED) is 0.779. The van der Waals surface area contributed by atoms with Crippen LogP contribution in [0.3, 0.4) is 0 Å². The van der Waals surface area contributed by atoms with E-state index >= 15 is 0 Å². The van der Waals surface area contributed by atoms with Crippen LogP contribution >= 0.6 is 12.4 Å². The Balaban J connectivity index is 0.00000312. The highest BCUT2D eigenvalue weighted by atomic mass is 35.5. The molecule has 0 saturated carbocycles. The second kappa shape index (κ2) is 8.65. The van der Waals surface area contributed by atoms with Crippen molar-refractivity contribution in [3.63, 3.8) is 0 Å². The fourth-order valence-corrected chi connectivity index (χ4v) is 7.74. The smallest absolute Gasteiger partial charge is 0.308 e. The predicted octanol–water partition coefficient (Wildman–Crippen LogP) is 3.71. The van der Waals surface area contributed by atoms with Crippen LogP contribution in [-0.2, 0) is 9.22 Å². The van der Waals surface area contributed by atoms with Gasteiger partial charge in [0.25, 0.3) is 8.32 Å². The highest BCUT2D eigenvalue weighted by Gasteiger charge is 2.50. The molecule has 0 aliphatic heterocycles. The number of hydrogen-bond donors (Lipinski definition) is 1. The molecule has 0 fully saturated rings. The van der Waals surface area contributed by atoms with Crippen molar-refractivity contribution in [2.45, 2.75) is 32.7 Å². The summed E-state index contributed by atoms with van der Waals surface area (Å²) < 4.78 is 6.55. The summed E-state index contributed by atoms with van der Waals surface area (Å²) in [4.78, 5) is 11.3. The normalized spacial score (nSPS) is 13.0. The molecule has 1 N–H and O–H groups in total. The van der Waals surface area contributed by atoms with Crippen LogP contribution in [-0.4, -0.2) is 26.0 Å². The lowest BCUT2D eigenvalue weighted by molar-refractivity contribution is -0.142. The van der Waals surface area contributed by atoms with Crippen LogP contribution < -0.4 is 10.4 Å². The minimum absolute atomic E-state index is 0. The van der Waals surface area contributed by atoms with Crippen LogP contribution in [0, 0.1) is 5.92 Å². The van der Waals surface area contributed by atoms with Gasteiger partial charge >= 0.3 is 5.97 Å². The molecule has 2 rings (SSSR count). The lowest BCUT2D eigenvalue weighted by Gasteiger charge is -2.43. The van der Waals surface area contributed by atoms with Gasteiger partial charge in [-0.25, -0.2) is 0 Å². The Morgan fingerprint density at radius 3 is 1.72 bits per heavy atom. The Morgan fingerprint density at radius 2 is 1.40 bits per heavy atom. The molecular weight excluding hydrogens is 352 g/mol. The molecule has 0 saturated heterocycles. The molecule has 5 heteroatoms. The molecule has 0 radical (unpaired) electrons. The predicted molar refractivity (Wildman–Crippen MR) is 108 cm³/mol. The van der Waals surface area contributed by atoms with E-state index in [0.717, 1.165) is 0 Å². The average molecular weight is 379 g/mol. The number of halogens is 1. The molecule has 1 atom stereocenters. The van der Waals surface area contributed by atoms with Crippen molar-refractivity contribution in [2.24, 2.45) is 5.92 Å². The first-order chi connectivity index (χ1) is 11.3. The monoisotopic (exact) mass is 378 g/mol. The summed E-state index contributed by atoms with van der Waals surface area (Å²) in [5.41, 5.74) is 0. The van der Waals surface area contributed by atoms with Gasteiger partial charge in [0.05, 0.1) is 5.92 Å². The van der Waals surface area contributed by atoms with Gasteiger partial charge in [0.15, 0.2) is 0 Å². The first kappa shape index (κ1) is 21.4. The van der Waals surface area contributed by atoms with Gasteiger partial charge < -0.3 is 9.53 Å². The van der Waals surface area contributed by atoms with Gasteiger partial charge in [-0.05, 0) is 22.3 Å². The maximum Gasteiger partial charge on any atom is 0.308 e. The second-order valence-electron chi connectivity index (χ2n) is 7.21. The molecule has 2 aromatic carbocycles. The third-order valence-corrected chi connectivity index (χ3v) is 9.39. The number of benzene rings is 2. The summed E-state index contributed by atoms with van der Waals surface area (Å²) in [6.45, 7) is 8.46. The Kier molecular flexibility index (Phi) is 7.41. The van der Waals surface area contributed by atoms with E-state index in [-0.39, 0.29) is 24.1 Å². The lowest BCUT2D eigenvalue weighted by atomic mass is 10.2. The van der Waals surface area contributed by atoms with Gasteiger partial charge in [-0.15, -0.1) is 12.4 Å². The van der Waals surface area contributed by atoms with Gasteiger partial charge in [0.2, 0.25) is 0 Å². The maximum atomic E-state index is 11.3. The van der Waals surface area contributed by atoms with Crippen molar-refractivity contribution >= 4 is 37.1 Å². The van der Waals surface area contributed by atoms with E-state index in [1.807, 2.05) is 36.4 Å². The molecule has 0 aliphatic rings. The second-order valence-corrected chi connectivity index (χ2v) is 11.5. The third kappa shape index (κ3) is 4.51. The minimum Gasteiger partial charge on any atom is -0.481 e. The molecule has 25 heavy (non-hydrogen) atoms. The third-order valence-electron chi connectivity index (χ3n) is 4.39. The first-order valence-corrected chi connectivity index (χ1v) is 10.2. The molecule has 136 valence electrons. The zero-order chi connectivity index (χ0) is 17.8. The van der Waals surface area contributed by atoms with E-state index < -0.39 is 20.2 Å². The summed E-state index contributed by atoms with van der Waals surface area (Å²) >= 11 is 0. The molecule has 0 bridgehead atoms. The van der Waals surface area contributed by atoms with Crippen LogP contribution in [0.1, 0.15) is 27.7 Å². The van der Waals surface area contributed by atoms with Crippen LogP contribution in [0.2, 0.25) is 5.04 Å². The van der Waals surface area contributed by atoms with Crippen molar-refractivity contribution in [3.05, 3.63) is 60.7 Å². The Morgan fingerprint density at radius 1 is 1.00 bits per heavy atom. The molecule has 0 amide bonds. The molecule has 0 aromatic heterocycles. The molecular formula is C20H27ClO3Si. The van der Waals surface area contributed by atoms with Gasteiger partial charge in [-0.1, -0.05) is 81.4 Å². The Labute approximate surface area is 157 Å². The van der Waals surface area contributed by atoms with Gasteiger partial charge in [-0.3, -0.25) is 4.79 Å². The highest BCUT2D eigenvalue weighted by Crippen LogP contribution is 2.36. The number of hydrogen-bond acceptors (Lipinski definition) is 2. The van der Waals surface area contributed by atoms with E-state index in [1.54, 1.807) is 6.92 Å². The lowest BCUT2D eigenvalue weighted by Crippen LogP contribution is -2.67. The standard InChI is InChI=1S/C20H26O3Si.ClH/c1-16(19(21)22)15-23-24(20(2,3)4,17-11-7-5-8-12-17)18-13-9-6-10-14-18;/h5-14,16H,15H2,1-4H3,(H,21,22);1H. The molecule has 0 heterocycles. The maximum absolute atomic E-state index is 11.3. The number of carbonyl (C=O) groups is 1. The fourth-order valence-electron chi connectivity index (χ4n) is 3.08. The van der Waals surface area contributed by atoms with Crippen LogP contribution in [0.15, 0.2) is 60.7 Å². The summed E-state index contributed by atoms with van der Waals surface area (Å²) in [6, 6.07) is 20.5. The van der Waals surface area contributed by atoms with Crippen molar-refractivity contribution in [3.8, 4) is 0 Å². The van der Waals surface area contributed by atoms with Gasteiger partial charge in [-0.2, -0.15) is 0 Å². The molecule has 3 nitrogen and oxygen atoms in total. The van der Waals surface area contributed by atoms with E-state index in [4.69, 9.17) is 4.43 Å². The molecule has 2 aromatic rings. The number of carboxylic acid groups (broad SMARTS) is 1. The zero-order valence-corrected chi connectivity index (χ0v) is 17.0. The largest absolute Gasteiger partial charge is 0.481 e. The highest BCUT2D eigenvalue weighted by molar-refractivity contribution is 6.99. The van der Waals surface area contributed by atoms with E-state index in [1.165, 1.54) is 10.4 Å². The first-order valence-electron chi connectivity index (χ1n) is 8.27. The van der Waals surface area contributed by atoms with Crippen LogP contribution in [0.25, 0.3) is 0 Å². The minimum atomic E-state index is -2.62. The summed E-state index contributed by atoms with van der Waals surface area (Å²) in [6.07, 6.45) is 0. The fraction of sp³-hybridized carbons (Fsp3) is 0.350. The zero-order valence-electron chi connectivity index (χ0n) is 15.2. The topological polar surface area (TPSA) is 46.5 Å². The van der Waals surface area contributed by atoms with E-state index in [0.29, 0.717) is 0 Å². The summed E-state index contributed by atoms with van der Waals surface area (Å²) in [5, 5.41) is 11.5.